The van der Waals surface area contributed by atoms with Crippen molar-refractivity contribution in [2.24, 2.45) is 0 Å². The van der Waals surface area contributed by atoms with Crippen molar-refractivity contribution >= 4 is 17.6 Å². The normalized spacial score (nSPS) is 10.9. The Morgan fingerprint density at radius 1 is 1.14 bits per heavy atom. The minimum atomic E-state index is -2.40. The molecule has 0 aliphatic rings. The molecule has 0 aliphatic carbocycles. The van der Waals surface area contributed by atoms with E-state index in [-0.39, 0.29) is 0 Å². The number of alkyl halides is 2. The smallest absolute Gasteiger partial charge is 0.288 e. The van der Waals surface area contributed by atoms with Crippen molar-refractivity contribution in [3.8, 4) is 11.3 Å². The quantitative estimate of drug-likeness (QED) is 0.800. The Labute approximate surface area is 127 Å². The fraction of sp³-hybridized carbons (Fsp3) is 0.333. The van der Waals surface area contributed by atoms with Gasteiger partial charge in [0.1, 0.15) is 11.6 Å². The van der Waals surface area contributed by atoms with E-state index in [9.17, 15) is 8.78 Å². The summed E-state index contributed by atoms with van der Waals surface area (Å²) in [6.07, 6.45) is 0.742. The molecule has 0 radical (unpaired) electrons. The Morgan fingerprint density at radius 2 is 1.86 bits per heavy atom. The van der Waals surface area contributed by atoms with Crippen LogP contribution in [0.2, 0.25) is 0 Å². The monoisotopic (exact) mass is 309 g/mol. The Morgan fingerprint density at radius 3 is 2.43 bits per heavy atom. The van der Waals surface area contributed by atoms with Crippen LogP contribution in [0.3, 0.4) is 0 Å². The molecule has 21 heavy (non-hydrogen) atoms. The van der Waals surface area contributed by atoms with Gasteiger partial charge in [-0.15, -0.1) is 0 Å². The lowest BCUT2D eigenvalue weighted by atomic mass is 10.1. The molecule has 1 heterocycles. The van der Waals surface area contributed by atoms with E-state index in [1.807, 2.05) is 32.0 Å². The van der Waals surface area contributed by atoms with Gasteiger partial charge in [0.05, 0.1) is 5.69 Å². The van der Waals surface area contributed by atoms with Gasteiger partial charge in [-0.1, -0.05) is 30.8 Å². The van der Waals surface area contributed by atoms with Crippen LogP contribution in [0, 0.1) is 0 Å². The maximum Gasteiger partial charge on any atom is 0.288 e. The lowest BCUT2D eigenvalue weighted by Crippen LogP contribution is -2.04. The summed E-state index contributed by atoms with van der Waals surface area (Å²) in [5.41, 5.74) is 1.69. The molecule has 0 amide bonds. The van der Waals surface area contributed by atoms with Gasteiger partial charge in [-0.25, -0.2) is 9.97 Å². The van der Waals surface area contributed by atoms with E-state index < -0.39 is 5.76 Å². The van der Waals surface area contributed by atoms with Gasteiger partial charge in [0.25, 0.3) is 5.76 Å². The Balaban J connectivity index is 2.29. The Bertz CT molecular complexity index is 588. The summed E-state index contributed by atoms with van der Waals surface area (Å²) < 4.78 is 24.6. The molecule has 6 heteroatoms. The zero-order chi connectivity index (χ0) is 15.2. The highest BCUT2D eigenvalue weighted by Crippen LogP contribution is 2.28. The molecule has 0 unspecified atom stereocenters. The molecule has 0 spiro atoms. The average Bonchev–Trinajstić information content (AvgIpc) is 2.47. The van der Waals surface area contributed by atoms with Gasteiger partial charge in [0, 0.05) is 29.5 Å². The van der Waals surface area contributed by atoms with Crippen LogP contribution in [-0.4, -0.2) is 22.3 Å². The largest absolute Gasteiger partial charge is 0.370 e. The van der Waals surface area contributed by atoms with Crippen molar-refractivity contribution in [3.05, 3.63) is 36.2 Å². The zero-order valence-electron chi connectivity index (χ0n) is 11.9. The maximum absolute atomic E-state index is 12.3. The molecular formula is C15H17F2N3S. The molecule has 0 fully saturated rings. The van der Waals surface area contributed by atoms with Gasteiger partial charge in [0.15, 0.2) is 0 Å². The Kier molecular flexibility index (Phi) is 5.50. The van der Waals surface area contributed by atoms with Crippen LogP contribution in [-0.2, 0) is 6.42 Å². The molecule has 2 rings (SSSR count). The fourth-order valence-corrected chi connectivity index (χ4v) is 2.38. The number of hydrogen-bond acceptors (Lipinski definition) is 4. The van der Waals surface area contributed by atoms with Crippen LogP contribution < -0.4 is 5.32 Å². The highest BCUT2D eigenvalue weighted by molar-refractivity contribution is 7.99. The van der Waals surface area contributed by atoms with Gasteiger partial charge >= 0.3 is 0 Å². The van der Waals surface area contributed by atoms with Crippen LogP contribution in [0.15, 0.2) is 35.2 Å². The molecule has 0 aliphatic heterocycles. The summed E-state index contributed by atoms with van der Waals surface area (Å²) in [6.45, 7) is 4.78. The highest BCUT2D eigenvalue weighted by Gasteiger charge is 2.08. The SMILES string of the molecule is CCNc1cc(-c2ccc(SC(F)F)cc2)nc(CC)n1. The van der Waals surface area contributed by atoms with E-state index in [0.717, 1.165) is 35.9 Å². The standard InChI is InChI=1S/C15H17F2N3S/c1-3-13-19-12(9-14(20-13)18-4-2)10-5-7-11(8-6-10)21-15(16)17/h5-9,15H,3-4H2,1-2H3,(H,18,19,20). The van der Waals surface area contributed by atoms with Crippen LogP contribution in [0.4, 0.5) is 14.6 Å². The summed E-state index contributed by atoms with van der Waals surface area (Å²) >= 11 is 0.543. The number of anilines is 1. The summed E-state index contributed by atoms with van der Waals surface area (Å²) in [5.74, 6) is -0.859. The molecule has 0 saturated carbocycles. The molecular weight excluding hydrogens is 292 g/mol. The van der Waals surface area contributed by atoms with E-state index >= 15 is 0 Å². The van der Waals surface area contributed by atoms with Gasteiger partial charge in [-0.3, -0.25) is 0 Å². The molecule has 0 atom stereocenters. The molecule has 1 N–H and O–H groups in total. The predicted molar refractivity (Wildman–Crippen MR) is 82.9 cm³/mol. The summed E-state index contributed by atoms with van der Waals surface area (Å²) in [7, 11) is 0. The van der Waals surface area contributed by atoms with Gasteiger partial charge in [0.2, 0.25) is 0 Å². The fourth-order valence-electron chi connectivity index (χ4n) is 1.88. The summed E-state index contributed by atoms with van der Waals surface area (Å²) in [6, 6.07) is 8.86. The predicted octanol–water partition coefficient (Wildman–Crippen LogP) is 4.45. The number of thioether (sulfide) groups is 1. The molecule has 3 nitrogen and oxygen atoms in total. The van der Waals surface area contributed by atoms with Crippen LogP contribution in [0.1, 0.15) is 19.7 Å². The van der Waals surface area contributed by atoms with Crippen LogP contribution >= 0.6 is 11.8 Å². The van der Waals surface area contributed by atoms with Gasteiger partial charge < -0.3 is 5.32 Å². The minimum absolute atomic E-state index is 0.543. The number of nitrogens with one attached hydrogen (secondary N) is 1. The van der Waals surface area contributed by atoms with E-state index in [4.69, 9.17) is 0 Å². The molecule has 1 aromatic heterocycles. The van der Waals surface area contributed by atoms with Crippen molar-refractivity contribution in [1.82, 2.24) is 9.97 Å². The number of aryl methyl sites for hydroxylation is 1. The summed E-state index contributed by atoms with van der Waals surface area (Å²) in [4.78, 5) is 9.43. The number of hydrogen-bond donors (Lipinski definition) is 1. The van der Waals surface area contributed by atoms with Crippen LogP contribution in [0.25, 0.3) is 11.3 Å². The van der Waals surface area contributed by atoms with Crippen molar-refractivity contribution in [3.63, 3.8) is 0 Å². The number of aromatic nitrogens is 2. The second kappa shape index (κ2) is 7.36. The number of benzene rings is 1. The Hall–Kier alpha value is -1.69. The second-order valence-electron chi connectivity index (χ2n) is 4.34. The third kappa shape index (κ3) is 4.39. The third-order valence-corrected chi connectivity index (χ3v) is 3.54. The molecule has 0 bridgehead atoms. The van der Waals surface area contributed by atoms with Crippen molar-refractivity contribution in [2.75, 3.05) is 11.9 Å². The van der Waals surface area contributed by atoms with Crippen molar-refractivity contribution in [2.45, 2.75) is 30.9 Å². The first-order chi connectivity index (χ1) is 10.1. The number of rotatable bonds is 6. The van der Waals surface area contributed by atoms with E-state index in [0.29, 0.717) is 16.7 Å². The molecule has 112 valence electrons. The van der Waals surface area contributed by atoms with E-state index in [1.165, 1.54) is 0 Å². The molecule has 2 aromatic rings. The highest BCUT2D eigenvalue weighted by atomic mass is 32.2. The van der Waals surface area contributed by atoms with E-state index in [2.05, 4.69) is 15.3 Å². The van der Waals surface area contributed by atoms with E-state index in [1.54, 1.807) is 12.1 Å². The molecule has 0 saturated heterocycles. The van der Waals surface area contributed by atoms with Crippen molar-refractivity contribution < 1.29 is 8.78 Å². The molecule has 1 aromatic carbocycles. The second-order valence-corrected chi connectivity index (χ2v) is 5.40. The van der Waals surface area contributed by atoms with Crippen molar-refractivity contribution in [1.29, 1.82) is 0 Å². The summed E-state index contributed by atoms with van der Waals surface area (Å²) in [5, 5.41) is 3.18. The van der Waals surface area contributed by atoms with Gasteiger partial charge in [-0.2, -0.15) is 8.78 Å². The first-order valence-electron chi connectivity index (χ1n) is 6.79. The average molecular weight is 309 g/mol. The number of nitrogens with zero attached hydrogens (tertiary/aromatic N) is 2. The number of halogens is 2. The maximum atomic E-state index is 12.3. The van der Waals surface area contributed by atoms with Gasteiger partial charge in [-0.05, 0) is 19.1 Å². The lowest BCUT2D eigenvalue weighted by molar-refractivity contribution is 0.252. The topological polar surface area (TPSA) is 37.8 Å². The lowest BCUT2D eigenvalue weighted by Gasteiger charge is -2.09. The first-order valence-corrected chi connectivity index (χ1v) is 7.67. The third-order valence-electron chi connectivity index (χ3n) is 2.82. The minimum Gasteiger partial charge on any atom is -0.370 e. The van der Waals surface area contributed by atoms with Crippen LogP contribution in [0.5, 0.6) is 0 Å². The first kappa shape index (κ1) is 15.7. The zero-order valence-corrected chi connectivity index (χ0v) is 12.8.